The summed E-state index contributed by atoms with van der Waals surface area (Å²) in [5.74, 6) is -0.0569. The molecule has 2 aromatic carbocycles. The first-order valence-electron chi connectivity index (χ1n) is 8.42. The van der Waals surface area contributed by atoms with Gasteiger partial charge in [0.15, 0.2) is 0 Å². The number of amides is 1. The van der Waals surface area contributed by atoms with Crippen molar-refractivity contribution in [3.05, 3.63) is 64.2 Å². The van der Waals surface area contributed by atoms with E-state index in [2.05, 4.69) is 0 Å². The molecular formula is C19H21ClN2O3S. The Bertz CT molecular complexity index is 936. The highest BCUT2D eigenvalue weighted by molar-refractivity contribution is 7.89. The summed E-state index contributed by atoms with van der Waals surface area (Å²) in [7, 11) is -3.61. The Hall–Kier alpha value is -1.89. The van der Waals surface area contributed by atoms with Gasteiger partial charge in [-0.3, -0.25) is 4.79 Å². The van der Waals surface area contributed by atoms with Gasteiger partial charge in [0.2, 0.25) is 10.0 Å². The molecule has 0 spiro atoms. The lowest BCUT2D eigenvalue weighted by Crippen LogP contribution is -2.50. The summed E-state index contributed by atoms with van der Waals surface area (Å²) in [6, 6.07) is 12.2. The molecule has 1 saturated heterocycles. The van der Waals surface area contributed by atoms with Crippen molar-refractivity contribution in [1.82, 2.24) is 9.21 Å². The number of carbonyl (C=O) groups excluding carboxylic acids is 1. The van der Waals surface area contributed by atoms with E-state index < -0.39 is 10.0 Å². The Kier molecular flexibility index (Phi) is 5.37. The van der Waals surface area contributed by atoms with Crippen LogP contribution in [0.2, 0.25) is 5.02 Å². The molecule has 0 atom stereocenters. The SMILES string of the molecule is Cc1ccc(S(=O)(=O)N2CCN(C(=O)c3ccccc3C)CC2)cc1Cl. The van der Waals surface area contributed by atoms with Gasteiger partial charge in [-0.05, 0) is 43.2 Å². The maximum absolute atomic E-state index is 12.8. The van der Waals surface area contributed by atoms with E-state index in [0.29, 0.717) is 23.7 Å². The fourth-order valence-corrected chi connectivity index (χ4v) is 4.69. The van der Waals surface area contributed by atoms with Crippen LogP contribution in [0.1, 0.15) is 21.5 Å². The molecule has 0 N–H and O–H groups in total. The fourth-order valence-electron chi connectivity index (χ4n) is 3.00. The van der Waals surface area contributed by atoms with Gasteiger partial charge in [0, 0.05) is 36.8 Å². The number of sulfonamides is 1. The Morgan fingerprint density at radius 2 is 1.62 bits per heavy atom. The van der Waals surface area contributed by atoms with Crippen LogP contribution >= 0.6 is 11.6 Å². The zero-order chi connectivity index (χ0) is 18.9. The van der Waals surface area contributed by atoms with Crippen molar-refractivity contribution in [2.24, 2.45) is 0 Å². The lowest BCUT2D eigenvalue weighted by atomic mass is 10.1. The number of piperazine rings is 1. The quantitative estimate of drug-likeness (QED) is 0.806. The smallest absolute Gasteiger partial charge is 0.254 e. The summed E-state index contributed by atoms with van der Waals surface area (Å²) < 4.78 is 27.0. The van der Waals surface area contributed by atoms with Crippen LogP contribution in [-0.2, 0) is 10.0 Å². The number of rotatable bonds is 3. The number of aryl methyl sites for hydroxylation is 2. The Labute approximate surface area is 159 Å². The summed E-state index contributed by atoms with van der Waals surface area (Å²) in [4.78, 5) is 14.6. The molecule has 1 amide bonds. The van der Waals surface area contributed by atoms with Gasteiger partial charge in [0.1, 0.15) is 0 Å². The lowest BCUT2D eigenvalue weighted by molar-refractivity contribution is 0.0697. The Morgan fingerprint density at radius 1 is 0.962 bits per heavy atom. The van der Waals surface area contributed by atoms with Gasteiger partial charge in [-0.25, -0.2) is 8.42 Å². The largest absolute Gasteiger partial charge is 0.336 e. The van der Waals surface area contributed by atoms with Gasteiger partial charge in [-0.2, -0.15) is 4.31 Å². The number of carbonyl (C=O) groups is 1. The predicted octanol–water partition coefficient (Wildman–Crippen LogP) is 3.10. The summed E-state index contributed by atoms with van der Waals surface area (Å²) in [5.41, 5.74) is 2.41. The highest BCUT2D eigenvalue weighted by Gasteiger charge is 2.31. The standard InChI is InChI=1S/C19H21ClN2O3S/c1-14-5-3-4-6-17(14)19(23)21-9-11-22(12-10-21)26(24,25)16-8-7-15(2)18(20)13-16/h3-8,13H,9-12H2,1-2H3. The molecular weight excluding hydrogens is 372 g/mol. The second-order valence-corrected chi connectivity index (χ2v) is 8.77. The monoisotopic (exact) mass is 392 g/mol. The van der Waals surface area contributed by atoms with Crippen molar-refractivity contribution >= 4 is 27.5 Å². The molecule has 0 aliphatic carbocycles. The molecule has 5 nitrogen and oxygen atoms in total. The van der Waals surface area contributed by atoms with Crippen molar-refractivity contribution in [2.45, 2.75) is 18.7 Å². The minimum atomic E-state index is -3.61. The molecule has 1 fully saturated rings. The van der Waals surface area contributed by atoms with Gasteiger partial charge in [-0.15, -0.1) is 0 Å². The number of nitrogens with zero attached hydrogens (tertiary/aromatic N) is 2. The van der Waals surface area contributed by atoms with Crippen molar-refractivity contribution in [2.75, 3.05) is 26.2 Å². The van der Waals surface area contributed by atoms with E-state index in [1.54, 1.807) is 23.1 Å². The van der Waals surface area contributed by atoms with Crippen LogP contribution < -0.4 is 0 Å². The summed E-state index contributed by atoms with van der Waals surface area (Å²) in [6.45, 7) is 5.00. The fraction of sp³-hybridized carbons (Fsp3) is 0.316. The van der Waals surface area contributed by atoms with E-state index in [1.807, 2.05) is 32.0 Å². The number of benzene rings is 2. The Morgan fingerprint density at radius 3 is 2.23 bits per heavy atom. The number of hydrogen-bond donors (Lipinski definition) is 0. The molecule has 0 radical (unpaired) electrons. The van der Waals surface area contributed by atoms with Gasteiger partial charge >= 0.3 is 0 Å². The maximum Gasteiger partial charge on any atom is 0.254 e. The zero-order valence-electron chi connectivity index (χ0n) is 14.8. The minimum Gasteiger partial charge on any atom is -0.336 e. The van der Waals surface area contributed by atoms with E-state index in [1.165, 1.54) is 10.4 Å². The van der Waals surface area contributed by atoms with Gasteiger partial charge in [0.25, 0.3) is 5.91 Å². The highest BCUT2D eigenvalue weighted by Crippen LogP contribution is 2.24. The van der Waals surface area contributed by atoms with Crippen molar-refractivity contribution in [1.29, 1.82) is 0 Å². The first kappa shape index (κ1) is 18.9. The van der Waals surface area contributed by atoms with Gasteiger partial charge in [-0.1, -0.05) is 35.9 Å². The van der Waals surface area contributed by atoms with Crippen molar-refractivity contribution in [3.63, 3.8) is 0 Å². The average Bonchev–Trinajstić information content (AvgIpc) is 2.64. The summed E-state index contributed by atoms with van der Waals surface area (Å²) in [6.07, 6.45) is 0. The first-order chi connectivity index (χ1) is 12.3. The van der Waals surface area contributed by atoms with Crippen molar-refractivity contribution in [3.8, 4) is 0 Å². The van der Waals surface area contributed by atoms with Gasteiger partial charge < -0.3 is 4.90 Å². The molecule has 0 aromatic heterocycles. The molecule has 3 rings (SSSR count). The Balaban J connectivity index is 1.72. The number of hydrogen-bond acceptors (Lipinski definition) is 3. The molecule has 1 heterocycles. The van der Waals surface area contributed by atoms with Crippen LogP contribution in [0.15, 0.2) is 47.4 Å². The maximum atomic E-state index is 12.8. The minimum absolute atomic E-state index is 0.0569. The van der Waals surface area contributed by atoms with Crippen LogP contribution in [0.4, 0.5) is 0 Å². The molecule has 26 heavy (non-hydrogen) atoms. The molecule has 1 aliphatic rings. The zero-order valence-corrected chi connectivity index (χ0v) is 16.3. The molecule has 0 bridgehead atoms. The van der Waals surface area contributed by atoms with Crippen molar-refractivity contribution < 1.29 is 13.2 Å². The average molecular weight is 393 g/mol. The molecule has 138 valence electrons. The third-order valence-corrected chi connectivity index (χ3v) is 6.98. The van der Waals surface area contributed by atoms with Crippen LogP contribution in [0, 0.1) is 13.8 Å². The molecule has 1 aliphatic heterocycles. The normalized spacial score (nSPS) is 15.9. The van der Waals surface area contributed by atoms with E-state index >= 15 is 0 Å². The van der Waals surface area contributed by atoms with E-state index in [4.69, 9.17) is 11.6 Å². The molecule has 0 saturated carbocycles. The highest BCUT2D eigenvalue weighted by atomic mass is 35.5. The van der Waals surface area contributed by atoms with Gasteiger partial charge in [0.05, 0.1) is 4.90 Å². The van der Waals surface area contributed by atoms with Crippen LogP contribution in [0.25, 0.3) is 0 Å². The lowest BCUT2D eigenvalue weighted by Gasteiger charge is -2.34. The molecule has 7 heteroatoms. The van der Waals surface area contributed by atoms with E-state index in [9.17, 15) is 13.2 Å². The first-order valence-corrected chi connectivity index (χ1v) is 10.2. The van der Waals surface area contributed by atoms with Crippen LogP contribution in [0.3, 0.4) is 0 Å². The second-order valence-electron chi connectivity index (χ2n) is 6.42. The molecule has 0 unspecified atom stereocenters. The number of halogens is 1. The second kappa shape index (κ2) is 7.39. The molecule has 2 aromatic rings. The topological polar surface area (TPSA) is 57.7 Å². The van der Waals surface area contributed by atoms with Crippen LogP contribution in [-0.4, -0.2) is 49.7 Å². The third-order valence-electron chi connectivity index (χ3n) is 4.68. The summed E-state index contributed by atoms with van der Waals surface area (Å²) >= 11 is 6.07. The van der Waals surface area contributed by atoms with Crippen LogP contribution in [0.5, 0.6) is 0 Å². The van der Waals surface area contributed by atoms with E-state index in [0.717, 1.165) is 11.1 Å². The summed E-state index contributed by atoms with van der Waals surface area (Å²) in [5, 5.41) is 0.430. The third kappa shape index (κ3) is 3.63. The predicted molar refractivity (Wildman–Crippen MR) is 102 cm³/mol. The van der Waals surface area contributed by atoms with E-state index in [-0.39, 0.29) is 23.9 Å².